The summed E-state index contributed by atoms with van der Waals surface area (Å²) >= 11 is 0. The first-order chi connectivity index (χ1) is 12.3. The topological polar surface area (TPSA) is 50.2 Å². The molecule has 1 N–H and O–H groups in total. The van der Waals surface area contributed by atoms with Crippen LogP contribution in [0.4, 0.5) is 5.69 Å². The molecule has 1 aromatic heterocycles. The number of hydrogen-bond donors (Lipinski definition) is 1. The monoisotopic (exact) mass is 354 g/mol. The zero-order valence-corrected chi connectivity index (χ0v) is 16.5. The van der Waals surface area contributed by atoms with Crippen molar-refractivity contribution in [2.45, 2.75) is 41.0 Å². The Bertz CT molecular complexity index is 768. The van der Waals surface area contributed by atoms with Gasteiger partial charge in [0.25, 0.3) is 0 Å². The van der Waals surface area contributed by atoms with E-state index in [2.05, 4.69) is 60.4 Å². The van der Waals surface area contributed by atoms with Gasteiger partial charge in [-0.2, -0.15) is 5.10 Å². The SMILES string of the molecule is Cc1ccc(-n2nc(C)c(NC(=O)CN3C[C@H](C)C[C@H](C)C3)c2C)cc1. The maximum Gasteiger partial charge on any atom is 0.238 e. The number of likely N-dealkylation sites (tertiary alicyclic amines) is 1. The summed E-state index contributed by atoms with van der Waals surface area (Å²) in [7, 11) is 0. The van der Waals surface area contributed by atoms with Crippen molar-refractivity contribution < 1.29 is 4.79 Å². The van der Waals surface area contributed by atoms with Crippen molar-refractivity contribution in [3.63, 3.8) is 0 Å². The van der Waals surface area contributed by atoms with E-state index in [1.807, 2.05) is 18.5 Å². The third kappa shape index (κ3) is 4.15. The van der Waals surface area contributed by atoms with Crippen LogP contribution in [0.25, 0.3) is 5.69 Å². The number of aryl methyl sites for hydroxylation is 2. The lowest BCUT2D eigenvalue weighted by Gasteiger charge is -2.34. The van der Waals surface area contributed by atoms with Crippen LogP contribution in [-0.2, 0) is 4.79 Å². The van der Waals surface area contributed by atoms with Gasteiger partial charge in [-0.3, -0.25) is 9.69 Å². The first kappa shape index (κ1) is 18.6. The Morgan fingerprint density at radius 2 is 1.73 bits per heavy atom. The van der Waals surface area contributed by atoms with E-state index in [-0.39, 0.29) is 5.91 Å². The third-order valence-corrected chi connectivity index (χ3v) is 5.15. The lowest BCUT2D eigenvalue weighted by atomic mass is 9.92. The molecule has 2 aromatic rings. The van der Waals surface area contributed by atoms with Gasteiger partial charge in [-0.25, -0.2) is 4.68 Å². The molecule has 0 unspecified atom stereocenters. The average molecular weight is 354 g/mol. The Balaban J connectivity index is 1.71. The van der Waals surface area contributed by atoms with Gasteiger partial charge in [-0.1, -0.05) is 31.5 Å². The van der Waals surface area contributed by atoms with Crippen LogP contribution in [0, 0.1) is 32.6 Å². The Hall–Kier alpha value is -2.14. The van der Waals surface area contributed by atoms with Gasteiger partial charge in [-0.05, 0) is 51.2 Å². The number of nitrogens with one attached hydrogen (secondary N) is 1. The van der Waals surface area contributed by atoms with Crippen LogP contribution in [0.2, 0.25) is 0 Å². The Morgan fingerprint density at radius 1 is 1.12 bits per heavy atom. The van der Waals surface area contributed by atoms with Gasteiger partial charge in [0.2, 0.25) is 5.91 Å². The predicted molar refractivity (Wildman–Crippen MR) is 106 cm³/mol. The summed E-state index contributed by atoms with van der Waals surface area (Å²) in [5.74, 6) is 1.35. The van der Waals surface area contributed by atoms with Crippen LogP contribution in [0.5, 0.6) is 0 Å². The van der Waals surface area contributed by atoms with Crippen molar-refractivity contribution in [2.24, 2.45) is 11.8 Å². The van der Waals surface area contributed by atoms with Gasteiger partial charge in [0.05, 0.1) is 29.3 Å². The van der Waals surface area contributed by atoms with E-state index in [0.717, 1.165) is 35.9 Å². The molecule has 0 radical (unpaired) electrons. The molecule has 0 aliphatic carbocycles. The van der Waals surface area contributed by atoms with Crippen molar-refractivity contribution in [3.05, 3.63) is 41.2 Å². The highest BCUT2D eigenvalue weighted by Gasteiger charge is 2.24. The van der Waals surface area contributed by atoms with E-state index in [1.54, 1.807) is 0 Å². The second-order valence-corrected chi connectivity index (χ2v) is 7.98. The number of rotatable bonds is 4. The fraction of sp³-hybridized carbons (Fsp3) is 0.524. The number of carbonyl (C=O) groups excluding carboxylic acids is 1. The lowest BCUT2D eigenvalue weighted by Crippen LogP contribution is -2.42. The molecule has 1 aliphatic heterocycles. The van der Waals surface area contributed by atoms with E-state index in [4.69, 9.17) is 0 Å². The predicted octanol–water partition coefficient (Wildman–Crippen LogP) is 3.71. The smallest absolute Gasteiger partial charge is 0.238 e. The van der Waals surface area contributed by atoms with E-state index < -0.39 is 0 Å². The standard InChI is InChI=1S/C21H30N4O/c1-14-6-8-19(9-7-14)25-18(5)21(17(4)23-25)22-20(26)13-24-11-15(2)10-16(3)12-24/h6-9,15-16H,10-13H2,1-5H3,(H,22,26)/t15-,16+. The van der Waals surface area contributed by atoms with Crippen LogP contribution in [0.3, 0.4) is 0 Å². The molecule has 5 heteroatoms. The van der Waals surface area contributed by atoms with Gasteiger partial charge in [-0.15, -0.1) is 0 Å². The molecule has 0 saturated carbocycles. The molecule has 1 saturated heterocycles. The minimum Gasteiger partial charge on any atom is -0.322 e. The maximum atomic E-state index is 12.6. The van der Waals surface area contributed by atoms with Crippen LogP contribution >= 0.6 is 0 Å². The minimum absolute atomic E-state index is 0.0426. The molecule has 140 valence electrons. The number of piperidine rings is 1. The highest BCUT2D eigenvalue weighted by atomic mass is 16.2. The maximum absolute atomic E-state index is 12.6. The van der Waals surface area contributed by atoms with Crippen molar-refractivity contribution in [3.8, 4) is 5.69 Å². The van der Waals surface area contributed by atoms with Gasteiger partial charge in [0.1, 0.15) is 0 Å². The molecule has 0 spiro atoms. The van der Waals surface area contributed by atoms with E-state index in [0.29, 0.717) is 18.4 Å². The van der Waals surface area contributed by atoms with Crippen LogP contribution in [0.15, 0.2) is 24.3 Å². The van der Waals surface area contributed by atoms with Gasteiger partial charge in [0, 0.05) is 13.1 Å². The highest BCUT2D eigenvalue weighted by molar-refractivity contribution is 5.93. The zero-order chi connectivity index (χ0) is 18.8. The summed E-state index contributed by atoms with van der Waals surface area (Å²) in [4.78, 5) is 14.9. The number of amides is 1. The van der Waals surface area contributed by atoms with E-state index in [1.165, 1.54) is 12.0 Å². The second-order valence-electron chi connectivity index (χ2n) is 7.98. The number of hydrogen-bond acceptors (Lipinski definition) is 3. The highest BCUT2D eigenvalue weighted by Crippen LogP contribution is 2.24. The molecule has 26 heavy (non-hydrogen) atoms. The molecule has 2 atom stereocenters. The van der Waals surface area contributed by atoms with Gasteiger partial charge < -0.3 is 5.32 Å². The average Bonchev–Trinajstić information content (AvgIpc) is 2.83. The Labute approximate surface area is 156 Å². The Kier molecular flexibility index (Phi) is 5.47. The minimum atomic E-state index is 0.0426. The van der Waals surface area contributed by atoms with Gasteiger partial charge in [0.15, 0.2) is 0 Å². The van der Waals surface area contributed by atoms with Crippen LogP contribution in [-0.4, -0.2) is 40.2 Å². The molecule has 1 amide bonds. The normalized spacial score (nSPS) is 21.0. The van der Waals surface area contributed by atoms with Crippen molar-refractivity contribution in [1.82, 2.24) is 14.7 Å². The van der Waals surface area contributed by atoms with Crippen LogP contribution < -0.4 is 5.32 Å². The molecule has 5 nitrogen and oxygen atoms in total. The van der Waals surface area contributed by atoms with Crippen molar-refractivity contribution >= 4 is 11.6 Å². The summed E-state index contributed by atoms with van der Waals surface area (Å²) in [5, 5.41) is 7.72. The molecule has 1 fully saturated rings. The van der Waals surface area contributed by atoms with Crippen molar-refractivity contribution in [1.29, 1.82) is 0 Å². The number of aromatic nitrogens is 2. The zero-order valence-electron chi connectivity index (χ0n) is 16.5. The summed E-state index contributed by atoms with van der Waals surface area (Å²) in [6.45, 7) is 13.0. The van der Waals surface area contributed by atoms with Gasteiger partial charge >= 0.3 is 0 Å². The Morgan fingerprint density at radius 3 is 2.35 bits per heavy atom. The largest absolute Gasteiger partial charge is 0.322 e. The van der Waals surface area contributed by atoms with Crippen LogP contribution in [0.1, 0.15) is 37.2 Å². The fourth-order valence-corrected chi connectivity index (χ4v) is 4.06. The summed E-state index contributed by atoms with van der Waals surface area (Å²) in [6.07, 6.45) is 1.25. The van der Waals surface area contributed by atoms with E-state index >= 15 is 0 Å². The fourth-order valence-electron chi connectivity index (χ4n) is 4.06. The summed E-state index contributed by atoms with van der Waals surface area (Å²) in [6, 6.07) is 8.25. The molecule has 0 bridgehead atoms. The molecule has 3 rings (SSSR count). The van der Waals surface area contributed by atoms with E-state index in [9.17, 15) is 4.79 Å². The van der Waals surface area contributed by atoms with Crippen molar-refractivity contribution in [2.75, 3.05) is 25.0 Å². The summed E-state index contributed by atoms with van der Waals surface area (Å²) < 4.78 is 1.90. The molecule has 2 heterocycles. The summed E-state index contributed by atoms with van der Waals surface area (Å²) in [5.41, 5.74) is 4.86. The first-order valence-corrected chi connectivity index (χ1v) is 9.49. The molecule has 1 aliphatic rings. The number of anilines is 1. The molecular weight excluding hydrogens is 324 g/mol. The second kappa shape index (κ2) is 7.62. The lowest BCUT2D eigenvalue weighted by molar-refractivity contribution is -0.117. The number of carbonyl (C=O) groups is 1. The molecular formula is C21H30N4O. The number of nitrogens with zero attached hydrogens (tertiary/aromatic N) is 3. The quantitative estimate of drug-likeness (QED) is 0.910. The first-order valence-electron chi connectivity index (χ1n) is 9.49. The third-order valence-electron chi connectivity index (χ3n) is 5.15. The number of benzene rings is 1. The molecule has 1 aromatic carbocycles.